The Bertz CT molecular complexity index is 1480. The van der Waals surface area contributed by atoms with Crippen LogP contribution >= 0.6 is 0 Å². The van der Waals surface area contributed by atoms with E-state index in [0.717, 1.165) is 44.1 Å². The zero-order valence-electron chi connectivity index (χ0n) is 26.7. The normalized spacial score (nSPS) is 21.4. The number of hydrogen-bond donors (Lipinski definition) is 2. The maximum Gasteiger partial charge on any atom is 0.275 e. The van der Waals surface area contributed by atoms with Gasteiger partial charge in [-0.25, -0.2) is 4.39 Å². The van der Waals surface area contributed by atoms with Crippen molar-refractivity contribution >= 4 is 17.5 Å². The van der Waals surface area contributed by atoms with Crippen molar-refractivity contribution < 1.29 is 14.0 Å². The molecule has 2 N–H and O–H groups in total. The molecule has 1 aromatic heterocycles. The summed E-state index contributed by atoms with van der Waals surface area (Å²) in [6, 6.07) is 13.3. The smallest absolute Gasteiger partial charge is 0.275 e. The molecule has 234 valence electrons. The van der Waals surface area contributed by atoms with Crippen LogP contribution in [0.3, 0.4) is 0 Å². The molecule has 9 nitrogen and oxygen atoms in total. The highest BCUT2D eigenvalue weighted by molar-refractivity contribution is 6.46. The summed E-state index contributed by atoms with van der Waals surface area (Å²) in [5.74, 6) is 0.221. The highest BCUT2D eigenvalue weighted by Crippen LogP contribution is 2.50. The second-order valence-electron chi connectivity index (χ2n) is 14.5. The lowest BCUT2D eigenvalue weighted by molar-refractivity contribution is -0.134. The SMILES string of the molecule is CC(C)(C)CCC(c1ccc(C(=O)NCc2nn[nH]n2)cc1)N1C(=O)C(c2ccc(F)cc2)=NC12CCC(C(C)(C)C)CC2. The second-order valence-corrected chi connectivity index (χ2v) is 14.5. The van der Waals surface area contributed by atoms with Crippen LogP contribution in [-0.2, 0) is 11.3 Å². The monoisotopic (exact) mass is 601 g/mol. The van der Waals surface area contributed by atoms with Crippen LogP contribution in [0, 0.1) is 22.6 Å². The summed E-state index contributed by atoms with van der Waals surface area (Å²) in [4.78, 5) is 34.6. The van der Waals surface area contributed by atoms with E-state index in [0.29, 0.717) is 28.6 Å². The molecule has 3 aromatic rings. The number of amides is 2. The molecule has 10 heteroatoms. The number of aromatic amines is 1. The maximum atomic E-state index is 14.5. The Hall–Kier alpha value is -3.95. The molecule has 1 fully saturated rings. The molecular formula is C34H44FN7O2. The van der Waals surface area contributed by atoms with E-state index in [1.807, 2.05) is 17.0 Å². The third-order valence-electron chi connectivity index (χ3n) is 9.15. The first-order chi connectivity index (χ1) is 20.8. The lowest BCUT2D eigenvalue weighted by atomic mass is 9.69. The minimum Gasteiger partial charge on any atom is -0.345 e. The third-order valence-corrected chi connectivity index (χ3v) is 9.15. The average molecular weight is 602 g/mol. The molecule has 1 saturated carbocycles. The van der Waals surface area contributed by atoms with Crippen molar-refractivity contribution in [3.8, 4) is 0 Å². The molecule has 0 saturated heterocycles. The third kappa shape index (κ3) is 6.89. The number of rotatable bonds is 8. The molecule has 0 radical (unpaired) electrons. The predicted molar refractivity (Wildman–Crippen MR) is 167 cm³/mol. The number of tetrazole rings is 1. The lowest BCUT2D eigenvalue weighted by Gasteiger charge is -2.47. The summed E-state index contributed by atoms with van der Waals surface area (Å²) in [6.07, 6.45) is 5.12. The van der Waals surface area contributed by atoms with Crippen molar-refractivity contribution in [3.05, 3.63) is 76.9 Å². The zero-order valence-corrected chi connectivity index (χ0v) is 26.7. The van der Waals surface area contributed by atoms with Crippen LogP contribution < -0.4 is 5.32 Å². The molecule has 1 aliphatic heterocycles. The molecule has 1 spiro atoms. The van der Waals surface area contributed by atoms with Gasteiger partial charge in [-0.15, -0.1) is 10.2 Å². The Morgan fingerprint density at radius 2 is 1.70 bits per heavy atom. The van der Waals surface area contributed by atoms with Crippen molar-refractivity contribution in [2.45, 2.75) is 98.3 Å². The Kier molecular flexibility index (Phi) is 8.73. The van der Waals surface area contributed by atoms with Crippen molar-refractivity contribution in [1.82, 2.24) is 30.8 Å². The standard InChI is InChI=1S/C34H44FN7O2/c1-32(2,3)18-17-27(22-7-9-24(10-8-22)30(43)36-21-28-38-40-41-39-28)42-31(44)29(23-11-13-26(35)14-12-23)37-34(42)19-15-25(16-20-34)33(4,5)6/h7-14,25,27H,15-21H2,1-6H3,(H,36,43)(H,38,39,40,41). The van der Waals surface area contributed by atoms with Gasteiger partial charge in [0.25, 0.3) is 11.8 Å². The number of carbonyl (C=O) groups excluding carboxylic acids is 2. The molecule has 2 heterocycles. The minimum atomic E-state index is -0.675. The van der Waals surface area contributed by atoms with Gasteiger partial charge in [-0.1, -0.05) is 58.9 Å². The Labute approximate surface area is 259 Å². The van der Waals surface area contributed by atoms with Crippen LogP contribution in [0.15, 0.2) is 53.5 Å². The number of nitrogens with one attached hydrogen (secondary N) is 2. The van der Waals surface area contributed by atoms with E-state index in [2.05, 4.69) is 67.5 Å². The van der Waals surface area contributed by atoms with Gasteiger partial charge in [0.05, 0.1) is 12.6 Å². The number of benzene rings is 2. The van der Waals surface area contributed by atoms with Crippen LogP contribution in [-0.4, -0.2) is 48.7 Å². The fraction of sp³-hybridized carbons (Fsp3) is 0.529. The number of aromatic nitrogens is 4. The minimum absolute atomic E-state index is 0.0493. The van der Waals surface area contributed by atoms with Crippen molar-refractivity contribution in [2.24, 2.45) is 21.7 Å². The summed E-state index contributed by atoms with van der Waals surface area (Å²) in [5.41, 5.74) is 2.05. The average Bonchev–Trinajstić information content (AvgIpc) is 3.59. The highest BCUT2D eigenvalue weighted by atomic mass is 19.1. The van der Waals surface area contributed by atoms with Gasteiger partial charge in [0.1, 0.15) is 17.2 Å². The van der Waals surface area contributed by atoms with E-state index in [4.69, 9.17) is 4.99 Å². The molecule has 0 bridgehead atoms. The Balaban J connectivity index is 1.49. The largest absolute Gasteiger partial charge is 0.345 e. The first-order valence-corrected chi connectivity index (χ1v) is 15.6. The number of aliphatic imine (C=N–C) groups is 1. The molecule has 2 aromatic carbocycles. The van der Waals surface area contributed by atoms with E-state index in [1.54, 1.807) is 24.3 Å². The number of carbonyl (C=O) groups is 2. The van der Waals surface area contributed by atoms with Crippen molar-refractivity contribution in [3.63, 3.8) is 0 Å². The molecular weight excluding hydrogens is 557 g/mol. The fourth-order valence-corrected chi connectivity index (χ4v) is 6.53. The van der Waals surface area contributed by atoms with Gasteiger partial charge in [0.2, 0.25) is 0 Å². The van der Waals surface area contributed by atoms with Gasteiger partial charge in [-0.2, -0.15) is 5.21 Å². The summed E-state index contributed by atoms with van der Waals surface area (Å²) < 4.78 is 13.8. The second kappa shape index (κ2) is 12.2. The summed E-state index contributed by atoms with van der Waals surface area (Å²) in [6.45, 7) is 13.6. The number of H-pyrrole nitrogens is 1. The molecule has 2 amide bonds. The number of hydrogen-bond acceptors (Lipinski definition) is 6. The van der Waals surface area contributed by atoms with E-state index < -0.39 is 5.66 Å². The van der Waals surface area contributed by atoms with Crippen LogP contribution in [0.25, 0.3) is 0 Å². The first-order valence-electron chi connectivity index (χ1n) is 15.6. The van der Waals surface area contributed by atoms with Gasteiger partial charge in [0.15, 0.2) is 5.82 Å². The summed E-state index contributed by atoms with van der Waals surface area (Å²) in [5, 5.41) is 16.5. The van der Waals surface area contributed by atoms with Gasteiger partial charge >= 0.3 is 0 Å². The first kappa shape index (κ1) is 31.5. The molecule has 1 aliphatic carbocycles. The van der Waals surface area contributed by atoms with E-state index in [-0.39, 0.29) is 41.0 Å². The summed E-state index contributed by atoms with van der Waals surface area (Å²) in [7, 11) is 0. The quantitative estimate of drug-likeness (QED) is 0.310. The van der Waals surface area contributed by atoms with Gasteiger partial charge < -0.3 is 10.2 Å². The molecule has 2 aliphatic rings. The number of nitrogens with zero attached hydrogens (tertiary/aromatic N) is 5. The number of halogens is 1. The zero-order chi connectivity index (χ0) is 31.7. The van der Waals surface area contributed by atoms with E-state index in [9.17, 15) is 14.0 Å². The lowest BCUT2D eigenvalue weighted by Crippen LogP contribution is -2.51. The van der Waals surface area contributed by atoms with Crippen molar-refractivity contribution in [2.75, 3.05) is 0 Å². The van der Waals surface area contributed by atoms with Gasteiger partial charge in [-0.05, 0) is 97.2 Å². The molecule has 1 unspecified atom stereocenters. The Morgan fingerprint density at radius 1 is 1.05 bits per heavy atom. The Morgan fingerprint density at radius 3 is 2.27 bits per heavy atom. The molecule has 44 heavy (non-hydrogen) atoms. The topological polar surface area (TPSA) is 116 Å². The maximum absolute atomic E-state index is 14.5. The predicted octanol–water partition coefficient (Wildman–Crippen LogP) is 6.40. The van der Waals surface area contributed by atoms with Gasteiger partial charge in [0, 0.05) is 11.1 Å². The van der Waals surface area contributed by atoms with E-state index in [1.165, 1.54) is 12.1 Å². The van der Waals surface area contributed by atoms with E-state index >= 15 is 0 Å². The fourth-order valence-electron chi connectivity index (χ4n) is 6.53. The van der Waals surface area contributed by atoms with Crippen molar-refractivity contribution in [1.29, 1.82) is 0 Å². The van der Waals surface area contributed by atoms with Crippen LogP contribution in [0.4, 0.5) is 4.39 Å². The highest BCUT2D eigenvalue weighted by Gasteiger charge is 2.52. The van der Waals surface area contributed by atoms with Crippen LogP contribution in [0.2, 0.25) is 0 Å². The molecule has 1 atom stereocenters. The molecule has 5 rings (SSSR count). The van der Waals surface area contributed by atoms with Gasteiger partial charge in [-0.3, -0.25) is 14.6 Å². The summed E-state index contributed by atoms with van der Waals surface area (Å²) >= 11 is 0. The van der Waals surface area contributed by atoms with Crippen LogP contribution in [0.1, 0.15) is 113 Å². The van der Waals surface area contributed by atoms with Crippen LogP contribution in [0.5, 0.6) is 0 Å².